The molecule has 0 unspecified atom stereocenters. The molecule has 0 aliphatic rings. The molecule has 10 heavy (non-hydrogen) atoms. The summed E-state index contributed by atoms with van der Waals surface area (Å²) in [7, 11) is -1.25. The predicted octanol–water partition coefficient (Wildman–Crippen LogP) is 1.61. The molecule has 0 aromatic rings. The number of halogens is 1. The van der Waals surface area contributed by atoms with E-state index in [-0.39, 0.29) is 12.4 Å². The molecular weight excluding hydrogens is 166 g/mol. The lowest BCUT2D eigenvalue weighted by atomic mass is 10.5. The minimum absolute atomic E-state index is 0. The van der Waals surface area contributed by atoms with E-state index in [9.17, 15) is 0 Å². The molecule has 0 bridgehead atoms. The maximum atomic E-state index is 5.53. The van der Waals surface area contributed by atoms with Crippen molar-refractivity contribution < 1.29 is 4.43 Å². The molecule has 0 saturated heterocycles. The Morgan fingerprint density at radius 3 is 2.10 bits per heavy atom. The van der Waals surface area contributed by atoms with Gasteiger partial charge in [0.2, 0.25) is 0 Å². The molecular formula is C6H18ClNOSi. The van der Waals surface area contributed by atoms with Crippen LogP contribution in [0.5, 0.6) is 0 Å². The van der Waals surface area contributed by atoms with Gasteiger partial charge in [-0.25, -0.2) is 0 Å². The van der Waals surface area contributed by atoms with E-state index < -0.39 is 8.32 Å². The molecule has 0 rings (SSSR count). The predicted molar refractivity (Wildman–Crippen MR) is 50.2 cm³/mol. The minimum Gasteiger partial charge on any atom is -0.418 e. The Hall–Kier alpha value is 0.427. The van der Waals surface area contributed by atoms with Gasteiger partial charge in [-0.3, -0.25) is 0 Å². The van der Waals surface area contributed by atoms with Crippen LogP contribution in [0.4, 0.5) is 0 Å². The van der Waals surface area contributed by atoms with Crippen molar-refractivity contribution in [2.24, 2.45) is 5.73 Å². The van der Waals surface area contributed by atoms with E-state index in [1.54, 1.807) is 0 Å². The monoisotopic (exact) mass is 183 g/mol. The Kier molecular flexibility index (Phi) is 8.03. The average molecular weight is 184 g/mol. The zero-order valence-corrected chi connectivity index (χ0v) is 8.83. The molecule has 0 radical (unpaired) electrons. The maximum absolute atomic E-state index is 5.53. The van der Waals surface area contributed by atoms with Gasteiger partial charge < -0.3 is 10.2 Å². The zero-order valence-electron chi connectivity index (χ0n) is 7.02. The topological polar surface area (TPSA) is 35.2 Å². The Balaban J connectivity index is 0. The van der Waals surface area contributed by atoms with Gasteiger partial charge in [0.05, 0.1) is 0 Å². The highest BCUT2D eigenvalue weighted by Gasteiger charge is 2.12. The van der Waals surface area contributed by atoms with Gasteiger partial charge in [0.25, 0.3) is 0 Å². The van der Waals surface area contributed by atoms with Gasteiger partial charge in [-0.05, 0) is 32.6 Å². The van der Waals surface area contributed by atoms with Gasteiger partial charge in [0, 0.05) is 6.61 Å². The van der Waals surface area contributed by atoms with E-state index in [0.717, 1.165) is 19.6 Å². The highest BCUT2D eigenvalue weighted by atomic mass is 35.5. The molecule has 0 amide bonds. The quantitative estimate of drug-likeness (QED) is 0.531. The number of nitrogens with two attached hydrogens (primary N) is 1. The Morgan fingerprint density at radius 2 is 1.80 bits per heavy atom. The van der Waals surface area contributed by atoms with Crippen LogP contribution in [-0.4, -0.2) is 21.5 Å². The van der Waals surface area contributed by atoms with Crippen LogP contribution < -0.4 is 5.73 Å². The molecule has 0 aromatic carbocycles. The van der Waals surface area contributed by atoms with E-state index >= 15 is 0 Å². The lowest BCUT2D eigenvalue weighted by Gasteiger charge is -2.16. The highest BCUT2D eigenvalue weighted by Crippen LogP contribution is 2.01. The Morgan fingerprint density at radius 1 is 1.30 bits per heavy atom. The number of hydrogen-bond donors (Lipinski definition) is 1. The van der Waals surface area contributed by atoms with Crippen LogP contribution in [0.2, 0.25) is 19.6 Å². The van der Waals surface area contributed by atoms with Crippen molar-refractivity contribution in [1.29, 1.82) is 0 Å². The van der Waals surface area contributed by atoms with E-state index in [4.69, 9.17) is 10.2 Å². The van der Waals surface area contributed by atoms with Crippen molar-refractivity contribution in [3.05, 3.63) is 0 Å². The van der Waals surface area contributed by atoms with Crippen LogP contribution in [0.15, 0.2) is 0 Å². The van der Waals surface area contributed by atoms with E-state index in [2.05, 4.69) is 19.6 Å². The molecule has 0 heterocycles. The number of rotatable bonds is 4. The second kappa shape index (κ2) is 6.16. The van der Waals surface area contributed by atoms with Crippen molar-refractivity contribution in [3.8, 4) is 0 Å². The third kappa shape index (κ3) is 11.3. The van der Waals surface area contributed by atoms with Gasteiger partial charge in [-0.1, -0.05) is 0 Å². The third-order valence-electron chi connectivity index (χ3n) is 0.884. The van der Waals surface area contributed by atoms with Crippen LogP contribution in [0, 0.1) is 0 Å². The normalized spacial score (nSPS) is 10.8. The van der Waals surface area contributed by atoms with Crippen molar-refractivity contribution in [2.45, 2.75) is 26.1 Å². The summed E-state index contributed by atoms with van der Waals surface area (Å²) in [6, 6.07) is 0. The average Bonchev–Trinajstić information content (AvgIpc) is 1.63. The molecule has 0 atom stereocenters. The Bertz CT molecular complexity index is 74.6. The fraction of sp³-hybridized carbons (Fsp3) is 1.00. The first-order chi connectivity index (χ1) is 4.06. The first kappa shape index (κ1) is 13.0. The second-order valence-corrected chi connectivity index (χ2v) is 7.62. The molecule has 0 saturated carbocycles. The van der Waals surface area contributed by atoms with E-state index in [1.165, 1.54) is 0 Å². The standard InChI is InChI=1S/C6H17NOSi.ClH/c1-9(2,3)8-6-4-5-7;/h4-7H2,1-3H3;1H. The fourth-order valence-electron chi connectivity index (χ4n) is 0.462. The Labute approximate surface area is 70.7 Å². The van der Waals surface area contributed by atoms with E-state index in [0.29, 0.717) is 0 Å². The molecule has 4 heteroatoms. The molecule has 64 valence electrons. The van der Waals surface area contributed by atoms with Gasteiger partial charge in [0.1, 0.15) is 0 Å². The SMILES string of the molecule is C[Si](C)(C)OCCCN.Cl. The van der Waals surface area contributed by atoms with Gasteiger partial charge in [-0.15, -0.1) is 12.4 Å². The minimum atomic E-state index is -1.25. The van der Waals surface area contributed by atoms with E-state index in [1.807, 2.05) is 0 Å². The summed E-state index contributed by atoms with van der Waals surface area (Å²) in [6.45, 7) is 8.13. The smallest absolute Gasteiger partial charge is 0.183 e. The van der Waals surface area contributed by atoms with Crippen LogP contribution >= 0.6 is 12.4 Å². The van der Waals surface area contributed by atoms with Crippen molar-refractivity contribution in [3.63, 3.8) is 0 Å². The maximum Gasteiger partial charge on any atom is 0.183 e. The highest BCUT2D eigenvalue weighted by molar-refractivity contribution is 6.69. The van der Waals surface area contributed by atoms with Crippen LogP contribution in [0.3, 0.4) is 0 Å². The van der Waals surface area contributed by atoms with Crippen molar-refractivity contribution in [1.82, 2.24) is 0 Å². The molecule has 0 aliphatic carbocycles. The summed E-state index contributed by atoms with van der Waals surface area (Å²) in [5.41, 5.74) is 5.29. The summed E-state index contributed by atoms with van der Waals surface area (Å²) in [5, 5.41) is 0. The lowest BCUT2D eigenvalue weighted by Crippen LogP contribution is -2.26. The lowest BCUT2D eigenvalue weighted by molar-refractivity contribution is 0.307. The summed E-state index contributed by atoms with van der Waals surface area (Å²) in [6.07, 6.45) is 0.990. The van der Waals surface area contributed by atoms with Crippen LogP contribution in [-0.2, 0) is 4.43 Å². The van der Waals surface area contributed by atoms with Crippen LogP contribution in [0.1, 0.15) is 6.42 Å². The first-order valence-corrected chi connectivity index (χ1v) is 6.81. The largest absolute Gasteiger partial charge is 0.418 e. The van der Waals surface area contributed by atoms with Crippen molar-refractivity contribution in [2.75, 3.05) is 13.2 Å². The molecule has 0 aromatic heterocycles. The number of hydrogen-bond acceptors (Lipinski definition) is 2. The third-order valence-corrected chi connectivity index (χ3v) is 1.95. The van der Waals surface area contributed by atoms with Gasteiger partial charge in [0.15, 0.2) is 8.32 Å². The van der Waals surface area contributed by atoms with Crippen LogP contribution in [0.25, 0.3) is 0 Å². The summed E-state index contributed by atoms with van der Waals surface area (Å²) in [5.74, 6) is 0. The fourth-order valence-corrected chi connectivity index (χ4v) is 1.22. The first-order valence-electron chi connectivity index (χ1n) is 3.40. The molecule has 0 spiro atoms. The van der Waals surface area contributed by atoms with Crippen molar-refractivity contribution >= 4 is 20.7 Å². The molecule has 2 N–H and O–H groups in total. The summed E-state index contributed by atoms with van der Waals surface area (Å²) in [4.78, 5) is 0. The second-order valence-electron chi connectivity index (χ2n) is 3.10. The zero-order chi connectivity index (χ0) is 7.33. The molecule has 2 nitrogen and oxygen atoms in total. The summed E-state index contributed by atoms with van der Waals surface area (Å²) >= 11 is 0. The summed E-state index contributed by atoms with van der Waals surface area (Å²) < 4.78 is 5.53. The molecule has 0 fully saturated rings. The van der Waals surface area contributed by atoms with Gasteiger partial charge >= 0.3 is 0 Å². The molecule has 0 aliphatic heterocycles. The van der Waals surface area contributed by atoms with Gasteiger partial charge in [-0.2, -0.15) is 0 Å².